The third-order valence-electron chi connectivity index (χ3n) is 2.23. The largest absolute Gasteiger partial charge is 0.372 e. The predicted molar refractivity (Wildman–Crippen MR) is 55.8 cm³/mol. The summed E-state index contributed by atoms with van der Waals surface area (Å²) >= 11 is 0. The molecule has 0 aromatic heterocycles. The SMILES string of the molecule is O=Cc1ccccc1C1=CCNCN1. The summed E-state index contributed by atoms with van der Waals surface area (Å²) in [5, 5.41) is 6.35. The molecule has 0 atom stereocenters. The molecule has 0 saturated heterocycles. The van der Waals surface area contributed by atoms with Crippen molar-refractivity contribution >= 4 is 12.0 Å². The van der Waals surface area contributed by atoms with E-state index in [1.807, 2.05) is 30.3 Å². The second-order valence-electron chi connectivity index (χ2n) is 3.13. The van der Waals surface area contributed by atoms with Crippen LogP contribution in [-0.2, 0) is 0 Å². The Morgan fingerprint density at radius 3 is 2.86 bits per heavy atom. The third kappa shape index (κ3) is 1.67. The summed E-state index contributed by atoms with van der Waals surface area (Å²) in [7, 11) is 0. The number of carbonyl (C=O) groups is 1. The maximum absolute atomic E-state index is 10.8. The van der Waals surface area contributed by atoms with Gasteiger partial charge in [-0.3, -0.25) is 10.1 Å². The first-order chi connectivity index (χ1) is 6.92. The van der Waals surface area contributed by atoms with Gasteiger partial charge in [-0.25, -0.2) is 0 Å². The molecule has 3 nitrogen and oxygen atoms in total. The van der Waals surface area contributed by atoms with Gasteiger partial charge < -0.3 is 5.32 Å². The van der Waals surface area contributed by atoms with E-state index in [0.717, 1.165) is 36.3 Å². The quantitative estimate of drug-likeness (QED) is 0.680. The van der Waals surface area contributed by atoms with Gasteiger partial charge in [-0.15, -0.1) is 0 Å². The summed E-state index contributed by atoms with van der Waals surface area (Å²) in [6.45, 7) is 1.59. The maximum atomic E-state index is 10.8. The molecule has 72 valence electrons. The van der Waals surface area contributed by atoms with Crippen molar-refractivity contribution in [3.8, 4) is 0 Å². The monoisotopic (exact) mass is 188 g/mol. The average molecular weight is 188 g/mol. The molecule has 1 aromatic rings. The minimum Gasteiger partial charge on any atom is -0.372 e. The summed E-state index contributed by atoms with van der Waals surface area (Å²) in [6.07, 6.45) is 2.94. The van der Waals surface area contributed by atoms with E-state index in [4.69, 9.17) is 0 Å². The Bertz CT molecular complexity index is 371. The first-order valence-corrected chi connectivity index (χ1v) is 4.61. The van der Waals surface area contributed by atoms with Crippen molar-refractivity contribution in [2.75, 3.05) is 13.2 Å². The lowest BCUT2D eigenvalue weighted by molar-refractivity contribution is 0.112. The highest BCUT2D eigenvalue weighted by Gasteiger charge is 2.07. The molecule has 0 saturated carbocycles. The van der Waals surface area contributed by atoms with E-state index in [0.29, 0.717) is 0 Å². The van der Waals surface area contributed by atoms with Gasteiger partial charge >= 0.3 is 0 Å². The van der Waals surface area contributed by atoms with Crippen molar-refractivity contribution in [1.82, 2.24) is 10.6 Å². The van der Waals surface area contributed by atoms with Crippen LogP contribution < -0.4 is 10.6 Å². The molecular weight excluding hydrogens is 176 g/mol. The van der Waals surface area contributed by atoms with Gasteiger partial charge in [0.25, 0.3) is 0 Å². The standard InChI is InChI=1S/C11H12N2O/c14-7-9-3-1-2-4-10(9)11-5-6-12-8-13-11/h1-5,7,12-13H,6,8H2. The summed E-state index contributed by atoms with van der Waals surface area (Å²) in [6, 6.07) is 7.59. The topological polar surface area (TPSA) is 41.1 Å². The number of carbonyl (C=O) groups excluding carboxylic acids is 1. The predicted octanol–water partition coefficient (Wildman–Crippen LogP) is 0.990. The summed E-state index contributed by atoms with van der Waals surface area (Å²) in [5.74, 6) is 0. The number of hydrogen-bond acceptors (Lipinski definition) is 3. The van der Waals surface area contributed by atoms with Crippen molar-refractivity contribution in [1.29, 1.82) is 0 Å². The Labute approximate surface area is 82.8 Å². The normalized spacial score (nSPS) is 15.6. The molecule has 2 rings (SSSR count). The van der Waals surface area contributed by atoms with Gasteiger partial charge in [-0.1, -0.05) is 24.3 Å². The van der Waals surface area contributed by atoms with E-state index in [9.17, 15) is 4.79 Å². The molecule has 0 spiro atoms. The zero-order valence-electron chi connectivity index (χ0n) is 7.79. The summed E-state index contributed by atoms with van der Waals surface area (Å²) < 4.78 is 0. The van der Waals surface area contributed by atoms with Crippen LogP contribution >= 0.6 is 0 Å². The molecule has 0 fully saturated rings. The Morgan fingerprint density at radius 1 is 1.29 bits per heavy atom. The van der Waals surface area contributed by atoms with Crippen LogP contribution in [0.25, 0.3) is 5.70 Å². The molecule has 3 heteroatoms. The van der Waals surface area contributed by atoms with Gasteiger partial charge in [-0.05, 0) is 6.08 Å². The molecule has 0 aliphatic carbocycles. The molecule has 0 unspecified atom stereocenters. The van der Waals surface area contributed by atoms with Gasteiger partial charge in [0.1, 0.15) is 0 Å². The molecule has 1 aromatic carbocycles. The van der Waals surface area contributed by atoms with E-state index in [1.165, 1.54) is 0 Å². The summed E-state index contributed by atoms with van der Waals surface area (Å²) in [5.41, 5.74) is 2.74. The van der Waals surface area contributed by atoms with E-state index in [-0.39, 0.29) is 0 Å². The molecule has 0 amide bonds. The molecule has 2 N–H and O–H groups in total. The highest BCUT2D eigenvalue weighted by Crippen LogP contribution is 2.15. The van der Waals surface area contributed by atoms with Crippen LogP contribution in [0.3, 0.4) is 0 Å². The number of nitrogens with one attached hydrogen (secondary N) is 2. The summed E-state index contributed by atoms with van der Waals surface area (Å²) in [4.78, 5) is 10.8. The molecule has 14 heavy (non-hydrogen) atoms. The molecule has 0 radical (unpaired) electrons. The Hall–Kier alpha value is -1.61. The lowest BCUT2D eigenvalue weighted by atomic mass is 10.0. The first-order valence-electron chi connectivity index (χ1n) is 4.61. The van der Waals surface area contributed by atoms with E-state index >= 15 is 0 Å². The van der Waals surface area contributed by atoms with Crippen molar-refractivity contribution in [2.45, 2.75) is 0 Å². The minimum absolute atomic E-state index is 0.730. The van der Waals surface area contributed by atoms with E-state index in [2.05, 4.69) is 10.6 Å². The van der Waals surface area contributed by atoms with E-state index in [1.54, 1.807) is 0 Å². The van der Waals surface area contributed by atoms with Gasteiger partial charge in [-0.2, -0.15) is 0 Å². The van der Waals surface area contributed by atoms with Crippen LogP contribution in [0.15, 0.2) is 30.3 Å². The Balaban J connectivity index is 2.39. The molecule has 1 heterocycles. The average Bonchev–Trinajstić information content (AvgIpc) is 2.30. The number of rotatable bonds is 2. The Morgan fingerprint density at radius 2 is 2.14 bits per heavy atom. The van der Waals surface area contributed by atoms with Crippen molar-refractivity contribution < 1.29 is 4.79 Å². The fraction of sp³-hybridized carbons (Fsp3) is 0.182. The van der Waals surface area contributed by atoms with Gasteiger partial charge in [0.2, 0.25) is 0 Å². The lowest BCUT2D eigenvalue weighted by Crippen LogP contribution is -2.33. The lowest BCUT2D eigenvalue weighted by Gasteiger charge is -2.17. The second kappa shape index (κ2) is 4.07. The zero-order valence-corrected chi connectivity index (χ0v) is 7.79. The maximum Gasteiger partial charge on any atom is 0.150 e. The van der Waals surface area contributed by atoms with E-state index < -0.39 is 0 Å². The zero-order chi connectivity index (χ0) is 9.80. The first kappa shape index (κ1) is 8.97. The fourth-order valence-electron chi connectivity index (χ4n) is 1.53. The highest BCUT2D eigenvalue weighted by molar-refractivity contribution is 5.85. The van der Waals surface area contributed by atoms with Crippen molar-refractivity contribution in [3.05, 3.63) is 41.5 Å². The van der Waals surface area contributed by atoms with Gasteiger partial charge in [0.15, 0.2) is 6.29 Å². The van der Waals surface area contributed by atoms with Gasteiger partial charge in [0, 0.05) is 23.4 Å². The molecule has 1 aliphatic heterocycles. The van der Waals surface area contributed by atoms with Crippen LogP contribution in [0, 0.1) is 0 Å². The second-order valence-corrected chi connectivity index (χ2v) is 3.13. The van der Waals surface area contributed by atoms with Crippen molar-refractivity contribution in [2.24, 2.45) is 0 Å². The van der Waals surface area contributed by atoms with Crippen LogP contribution in [-0.4, -0.2) is 19.5 Å². The minimum atomic E-state index is 0.730. The van der Waals surface area contributed by atoms with Gasteiger partial charge in [0.05, 0.1) is 6.67 Å². The van der Waals surface area contributed by atoms with Crippen LogP contribution in [0.2, 0.25) is 0 Å². The fourth-order valence-corrected chi connectivity index (χ4v) is 1.53. The number of benzene rings is 1. The van der Waals surface area contributed by atoms with Crippen molar-refractivity contribution in [3.63, 3.8) is 0 Å². The highest BCUT2D eigenvalue weighted by atomic mass is 16.1. The van der Waals surface area contributed by atoms with Crippen LogP contribution in [0.1, 0.15) is 15.9 Å². The third-order valence-corrected chi connectivity index (χ3v) is 2.23. The Kier molecular flexibility index (Phi) is 2.60. The smallest absolute Gasteiger partial charge is 0.150 e. The van der Waals surface area contributed by atoms with Crippen LogP contribution in [0.4, 0.5) is 0 Å². The van der Waals surface area contributed by atoms with Crippen LogP contribution in [0.5, 0.6) is 0 Å². The molecular formula is C11H12N2O. The molecule has 0 bridgehead atoms. The number of aldehydes is 1. The molecule has 1 aliphatic rings. The number of hydrogen-bond donors (Lipinski definition) is 2.